The van der Waals surface area contributed by atoms with E-state index in [9.17, 15) is 4.79 Å². The van der Waals surface area contributed by atoms with Crippen molar-refractivity contribution in [2.45, 2.75) is 39.0 Å². The highest BCUT2D eigenvalue weighted by atomic mass is 16.5. The van der Waals surface area contributed by atoms with Crippen LogP contribution in [0.1, 0.15) is 47.4 Å². The third-order valence-corrected chi connectivity index (χ3v) is 5.25. The lowest BCUT2D eigenvalue weighted by Crippen LogP contribution is -2.48. The zero-order valence-corrected chi connectivity index (χ0v) is 15.5. The number of nitrogens with zero attached hydrogens (tertiary/aromatic N) is 5. The molecule has 4 rings (SSSR count). The summed E-state index contributed by atoms with van der Waals surface area (Å²) in [5, 5.41) is 8.50. The zero-order chi connectivity index (χ0) is 18.3. The van der Waals surface area contributed by atoms with Gasteiger partial charge in [0.2, 0.25) is 0 Å². The maximum Gasteiger partial charge on any atom is 0.274 e. The maximum absolute atomic E-state index is 13.1. The van der Waals surface area contributed by atoms with Crippen molar-refractivity contribution in [1.82, 2.24) is 24.7 Å². The second-order valence-corrected chi connectivity index (χ2v) is 7.19. The quantitative estimate of drug-likeness (QED) is 0.824. The molecule has 0 spiro atoms. The Labute approximate surface area is 152 Å². The van der Waals surface area contributed by atoms with Crippen molar-refractivity contribution >= 4 is 5.91 Å². The Morgan fingerprint density at radius 3 is 2.73 bits per heavy atom. The van der Waals surface area contributed by atoms with Gasteiger partial charge in [-0.3, -0.25) is 14.4 Å². The Balaban J connectivity index is 1.45. The number of carbonyl (C=O) groups excluding carboxylic acids is 1. The van der Waals surface area contributed by atoms with E-state index in [1.54, 1.807) is 10.9 Å². The molecule has 26 heavy (non-hydrogen) atoms. The molecule has 140 valence electrons. The van der Waals surface area contributed by atoms with Crippen molar-refractivity contribution in [1.29, 1.82) is 0 Å². The Kier molecular flexibility index (Phi) is 4.54. The first-order valence-corrected chi connectivity index (χ1v) is 9.15. The Hall–Kier alpha value is -2.19. The van der Waals surface area contributed by atoms with Crippen LogP contribution in [0.2, 0.25) is 0 Å². The van der Waals surface area contributed by atoms with Crippen LogP contribution in [0.4, 0.5) is 0 Å². The van der Waals surface area contributed by atoms with Gasteiger partial charge in [-0.05, 0) is 13.8 Å². The Morgan fingerprint density at radius 2 is 2.04 bits per heavy atom. The van der Waals surface area contributed by atoms with Gasteiger partial charge in [0.05, 0.1) is 23.6 Å². The highest BCUT2D eigenvalue weighted by molar-refractivity contribution is 5.94. The summed E-state index contributed by atoms with van der Waals surface area (Å²) < 4.78 is 12.6. The number of rotatable bonds is 3. The third kappa shape index (κ3) is 3.14. The van der Waals surface area contributed by atoms with Gasteiger partial charge in [-0.2, -0.15) is 5.10 Å². The highest BCUT2D eigenvalue weighted by Crippen LogP contribution is 2.32. The maximum atomic E-state index is 13.1. The summed E-state index contributed by atoms with van der Waals surface area (Å²) in [4.78, 5) is 17.3. The summed E-state index contributed by atoms with van der Waals surface area (Å²) in [5.74, 6) is 0.0317. The molecule has 2 atom stereocenters. The second kappa shape index (κ2) is 6.85. The molecule has 4 heterocycles. The zero-order valence-electron chi connectivity index (χ0n) is 15.5. The fourth-order valence-corrected chi connectivity index (χ4v) is 4.02. The molecule has 0 N–H and O–H groups in total. The van der Waals surface area contributed by atoms with Gasteiger partial charge in [-0.15, -0.1) is 0 Å². The highest BCUT2D eigenvalue weighted by Gasteiger charge is 2.33. The number of piperazine rings is 1. The number of ether oxygens (including phenoxy) is 1. The average Bonchev–Trinajstić information content (AvgIpc) is 3.23. The van der Waals surface area contributed by atoms with E-state index in [1.165, 1.54) is 0 Å². The van der Waals surface area contributed by atoms with Gasteiger partial charge in [0.25, 0.3) is 5.91 Å². The Morgan fingerprint density at radius 1 is 1.27 bits per heavy atom. The van der Waals surface area contributed by atoms with Crippen LogP contribution < -0.4 is 0 Å². The van der Waals surface area contributed by atoms with Crippen LogP contribution in [0, 0.1) is 0 Å². The van der Waals surface area contributed by atoms with E-state index in [0.717, 1.165) is 43.0 Å². The number of aromatic nitrogens is 3. The third-order valence-electron chi connectivity index (χ3n) is 5.25. The molecule has 8 nitrogen and oxygen atoms in total. The van der Waals surface area contributed by atoms with Crippen molar-refractivity contribution in [2.75, 3.05) is 26.2 Å². The normalized spacial score (nSPS) is 23.9. The summed E-state index contributed by atoms with van der Waals surface area (Å²) in [7, 11) is 1.89. The summed E-state index contributed by atoms with van der Waals surface area (Å²) in [6, 6.07) is 1.88. The molecule has 0 aromatic carbocycles. The molecular weight excluding hydrogens is 334 g/mol. The van der Waals surface area contributed by atoms with Crippen LogP contribution in [0.15, 0.2) is 16.9 Å². The van der Waals surface area contributed by atoms with Gasteiger partial charge in [0.1, 0.15) is 6.26 Å². The molecular formula is C18H25N5O3. The first-order chi connectivity index (χ1) is 12.5. The van der Waals surface area contributed by atoms with E-state index in [2.05, 4.69) is 15.2 Å². The van der Waals surface area contributed by atoms with Crippen molar-refractivity contribution in [2.24, 2.45) is 7.05 Å². The van der Waals surface area contributed by atoms with Crippen LogP contribution in [0.5, 0.6) is 0 Å². The smallest absolute Gasteiger partial charge is 0.274 e. The van der Waals surface area contributed by atoms with Crippen LogP contribution in [-0.2, 0) is 24.8 Å². The van der Waals surface area contributed by atoms with Gasteiger partial charge in [0, 0.05) is 57.8 Å². The van der Waals surface area contributed by atoms with E-state index in [1.807, 2.05) is 31.9 Å². The van der Waals surface area contributed by atoms with E-state index >= 15 is 0 Å². The molecule has 0 unspecified atom stereocenters. The van der Waals surface area contributed by atoms with Crippen molar-refractivity contribution in [3.05, 3.63) is 35.0 Å². The van der Waals surface area contributed by atoms with E-state index in [4.69, 9.17) is 9.26 Å². The SMILES string of the molecule is C[C@@H]1Cc2c(C(=O)N3CCN(Cc4ccon4)CC3)nn(C)c2[C@H](C)O1. The molecule has 0 aliphatic carbocycles. The molecule has 2 aliphatic heterocycles. The molecule has 0 bridgehead atoms. The molecule has 2 aliphatic rings. The van der Waals surface area contributed by atoms with Crippen LogP contribution in [-0.4, -0.2) is 62.9 Å². The lowest BCUT2D eigenvalue weighted by atomic mass is 9.99. The van der Waals surface area contributed by atoms with Gasteiger partial charge < -0.3 is 14.2 Å². The number of hydrogen-bond acceptors (Lipinski definition) is 6. The fourth-order valence-electron chi connectivity index (χ4n) is 4.02. The van der Waals surface area contributed by atoms with Crippen LogP contribution >= 0.6 is 0 Å². The van der Waals surface area contributed by atoms with E-state index < -0.39 is 0 Å². The topological polar surface area (TPSA) is 76.6 Å². The molecule has 8 heteroatoms. The number of amides is 1. The van der Waals surface area contributed by atoms with Crippen molar-refractivity contribution in [3.63, 3.8) is 0 Å². The Bertz CT molecular complexity index is 777. The predicted octanol–water partition coefficient (Wildman–Crippen LogP) is 1.39. The fraction of sp³-hybridized carbons (Fsp3) is 0.611. The lowest BCUT2D eigenvalue weighted by Gasteiger charge is -2.34. The van der Waals surface area contributed by atoms with Gasteiger partial charge >= 0.3 is 0 Å². The van der Waals surface area contributed by atoms with Gasteiger partial charge in [-0.25, -0.2) is 0 Å². The molecule has 0 saturated carbocycles. The van der Waals surface area contributed by atoms with Gasteiger partial charge in [-0.1, -0.05) is 5.16 Å². The standard InChI is InChI=1S/C18H25N5O3/c1-12-10-15-16(19-21(3)17(15)13(2)26-12)18(24)23-7-5-22(6-8-23)11-14-4-9-25-20-14/h4,9,12-13H,5-8,10-11H2,1-3H3/t12-,13+/m1/s1. The summed E-state index contributed by atoms with van der Waals surface area (Å²) in [6.45, 7) is 7.86. The van der Waals surface area contributed by atoms with Gasteiger partial charge in [0.15, 0.2) is 5.69 Å². The van der Waals surface area contributed by atoms with Crippen molar-refractivity contribution in [3.8, 4) is 0 Å². The first kappa shape index (κ1) is 17.2. The monoisotopic (exact) mass is 359 g/mol. The minimum absolute atomic E-state index is 0.0317. The van der Waals surface area contributed by atoms with Crippen LogP contribution in [0.3, 0.4) is 0 Å². The first-order valence-electron chi connectivity index (χ1n) is 9.15. The molecule has 1 saturated heterocycles. The molecule has 2 aromatic rings. The summed E-state index contributed by atoms with van der Waals surface area (Å²) in [6.07, 6.45) is 2.39. The van der Waals surface area contributed by atoms with E-state index in [0.29, 0.717) is 18.8 Å². The van der Waals surface area contributed by atoms with Crippen molar-refractivity contribution < 1.29 is 14.1 Å². The molecule has 2 aromatic heterocycles. The minimum Gasteiger partial charge on any atom is -0.369 e. The number of hydrogen-bond donors (Lipinski definition) is 0. The number of aryl methyl sites for hydroxylation is 1. The average molecular weight is 359 g/mol. The molecule has 1 fully saturated rings. The lowest BCUT2D eigenvalue weighted by molar-refractivity contribution is -0.00908. The largest absolute Gasteiger partial charge is 0.369 e. The second-order valence-electron chi connectivity index (χ2n) is 7.19. The number of carbonyl (C=O) groups is 1. The van der Waals surface area contributed by atoms with E-state index in [-0.39, 0.29) is 18.1 Å². The minimum atomic E-state index is -0.0351. The molecule has 0 radical (unpaired) electrons. The molecule has 1 amide bonds. The predicted molar refractivity (Wildman–Crippen MR) is 93.6 cm³/mol. The van der Waals surface area contributed by atoms with Crippen LogP contribution in [0.25, 0.3) is 0 Å². The summed E-state index contributed by atoms with van der Waals surface area (Å²) in [5.41, 5.74) is 3.59. The summed E-state index contributed by atoms with van der Waals surface area (Å²) >= 11 is 0. The number of fused-ring (bicyclic) bond motifs is 1.